The first kappa shape index (κ1) is 12.7. The molecule has 0 radical (unpaired) electrons. The Morgan fingerprint density at radius 2 is 2.06 bits per heavy atom. The highest BCUT2D eigenvalue weighted by Crippen LogP contribution is 2.29. The molecular formula is C13H26N2S. The van der Waals surface area contributed by atoms with E-state index in [4.69, 9.17) is 0 Å². The molecule has 1 heterocycles. The molecule has 1 saturated heterocycles. The van der Waals surface area contributed by atoms with E-state index in [1.807, 2.05) is 0 Å². The van der Waals surface area contributed by atoms with E-state index < -0.39 is 0 Å². The number of nitrogens with zero attached hydrogens (tertiary/aromatic N) is 1. The Bertz CT molecular complexity index is 220. The van der Waals surface area contributed by atoms with Gasteiger partial charge >= 0.3 is 0 Å². The molecule has 2 fully saturated rings. The van der Waals surface area contributed by atoms with Crippen LogP contribution in [0, 0.1) is 0 Å². The monoisotopic (exact) mass is 242 g/mol. The fraction of sp³-hybridized carbons (Fsp3) is 1.00. The third kappa shape index (κ3) is 2.93. The molecule has 3 unspecified atom stereocenters. The van der Waals surface area contributed by atoms with E-state index in [0.29, 0.717) is 6.04 Å². The molecule has 2 nitrogen and oxygen atoms in total. The summed E-state index contributed by atoms with van der Waals surface area (Å²) in [7, 11) is 0. The smallest absolute Gasteiger partial charge is 0.0210 e. The predicted molar refractivity (Wildman–Crippen MR) is 73.2 cm³/mol. The second-order valence-electron chi connectivity index (χ2n) is 5.55. The van der Waals surface area contributed by atoms with Gasteiger partial charge in [0.25, 0.3) is 0 Å². The molecule has 1 aliphatic heterocycles. The van der Waals surface area contributed by atoms with Gasteiger partial charge in [0.1, 0.15) is 0 Å². The van der Waals surface area contributed by atoms with Crippen molar-refractivity contribution in [2.24, 2.45) is 0 Å². The minimum absolute atomic E-state index is 0.715. The van der Waals surface area contributed by atoms with Gasteiger partial charge in [0.15, 0.2) is 0 Å². The van der Waals surface area contributed by atoms with E-state index in [9.17, 15) is 0 Å². The van der Waals surface area contributed by atoms with Crippen LogP contribution in [0.1, 0.15) is 39.5 Å². The lowest BCUT2D eigenvalue weighted by Gasteiger charge is -2.25. The van der Waals surface area contributed by atoms with Gasteiger partial charge in [-0.3, -0.25) is 4.90 Å². The molecule has 2 aliphatic rings. The number of likely N-dealkylation sites (tertiary alicyclic amines) is 1. The maximum absolute atomic E-state index is 3.90. The summed E-state index contributed by atoms with van der Waals surface area (Å²) in [4.78, 5) is 2.60. The zero-order valence-corrected chi connectivity index (χ0v) is 11.7. The van der Waals surface area contributed by atoms with Gasteiger partial charge in [-0.1, -0.05) is 6.42 Å². The second kappa shape index (κ2) is 5.74. The van der Waals surface area contributed by atoms with Crippen molar-refractivity contribution in [1.29, 1.82) is 0 Å². The summed E-state index contributed by atoms with van der Waals surface area (Å²) >= 11 is 2.05. The van der Waals surface area contributed by atoms with Crippen molar-refractivity contribution in [3.05, 3.63) is 0 Å². The average Bonchev–Trinajstić information content (AvgIpc) is 2.87. The molecular weight excluding hydrogens is 216 g/mol. The van der Waals surface area contributed by atoms with Crippen LogP contribution in [-0.4, -0.2) is 47.6 Å². The lowest BCUT2D eigenvalue weighted by Crippen LogP contribution is -2.43. The fourth-order valence-corrected chi connectivity index (χ4v) is 4.04. The Morgan fingerprint density at radius 1 is 1.25 bits per heavy atom. The quantitative estimate of drug-likeness (QED) is 0.814. The van der Waals surface area contributed by atoms with E-state index in [0.717, 1.165) is 17.3 Å². The highest BCUT2D eigenvalue weighted by molar-refractivity contribution is 7.99. The van der Waals surface area contributed by atoms with Gasteiger partial charge in [-0.15, -0.1) is 0 Å². The van der Waals surface area contributed by atoms with E-state index in [2.05, 4.69) is 42.1 Å². The fourth-order valence-electron chi connectivity index (χ4n) is 3.09. The van der Waals surface area contributed by atoms with Crippen LogP contribution >= 0.6 is 11.8 Å². The van der Waals surface area contributed by atoms with Crippen LogP contribution in [0.25, 0.3) is 0 Å². The van der Waals surface area contributed by atoms with Crippen LogP contribution in [0.4, 0.5) is 0 Å². The number of rotatable bonds is 4. The van der Waals surface area contributed by atoms with Crippen LogP contribution in [0.3, 0.4) is 0 Å². The molecule has 3 atom stereocenters. The van der Waals surface area contributed by atoms with E-state index >= 15 is 0 Å². The Kier molecular flexibility index (Phi) is 4.57. The van der Waals surface area contributed by atoms with Gasteiger partial charge in [0.2, 0.25) is 0 Å². The molecule has 0 aromatic heterocycles. The number of thioether (sulfide) groups is 1. The summed E-state index contributed by atoms with van der Waals surface area (Å²) in [5.74, 6) is 0. The lowest BCUT2D eigenvalue weighted by molar-refractivity contribution is 0.265. The van der Waals surface area contributed by atoms with Gasteiger partial charge in [-0.05, 0) is 45.9 Å². The lowest BCUT2D eigenvalue weighted by atomic mass is 10.2. The number of hydrogen-bond acceptors (Lipinski definition) is 3. The van der Waals surface area contributed by atoms with Crippen LogP contribution in [0.5, 0.6) is 0 Å². The third-order valence-corrected chi connectivity index (χ3v) is 5.32. The van der Waals surface area contributed by atoms with E-state index in [-0.39, 0.29) is 0 Å². The molecule has 1 saturated carbocycles. The minimum atomic E-state index is 0.715. The van der Waals surface area contributed by atoms with Gasteiger partial charge in [0.05, 0.1) is 0 Å². The third-order valence-electron chi connectivity index (χ3n) is 4.16. The van der Waals surface area contributed by atoms with Crippen molar-refractivity contribution in [1.82, 2.24) is 10.2 Å². The molecule has 0 spiro atoms. The summed E-state index contributed by atoms with van der Waals surface area (Å²) < 4.78 is 0. The summed E-state index contributed by atoms with van der Waals surface area (Å²) in [6.07, 6.45) is 7.84. The standard InChI is InChI=1S/C13H26N2S/c1-10(2)15-8-7-11(9-15)14-12-5-4-6-13(12)16-3/h10-14H,4-9H2,1-3H3. The SMILES string of the molecule is CSC1CCCC1NC1CCN(C(C)C)C1. The Balaban J connectivity index is 1.78. The molecule has 94 valence electrons. The number of hydrogen-bond donors (Lipinski definition) is 1. The maximum Gasteiger partial charge on any atom is 0.0210 e. The topological polar surface area (TPSA) is 15.3 Å². The molecule has 0 amide bonds. The van der Waals surface area contributed by atoms with Crippen LogP contribution < -0.4 is 5.32 Å². The summed E-state index contributed by atoms with van der Waals surface area (Å²) in [6, 6.07) is 2.25. The van der Waals surface area contributed by atoms with Crippen molar-refractivity contribution >= 4 is 11.8 Å². The summed E-state index contributed by atoms with van der Waals surface area (Å²) in [5, 5.41) is 4.77. The van der Waals surface area contributed by atoms with Gasteiger partial charge in [-0.2, -0.15) is 11.8 Å². The Morgan fingerprint density at radius 3 is 2.69 bits per heavy atom. The van der Waals surface area contributed by atoms with E-state index in [1.54, 1.807) is 0 Å². The summed E-state index contributed by atoms with van der Waals surface area (Å²) in [5.41, 5.74) is 0. The van der Waals surface area contributed by atoms with Gasteiger partial charge in [-0.25, -0.2) is 0 Å². The molecule has 0 aromatic rings. The molecule has 1 aliphatic carbocycles. The highest BCUT2D eigenvalue weighted by Gasteiger charge is 2.31. The van der Waals surface area contributed by atoms with E-state index in [1.165, 1.54) is 38.8 Å². The first-order valence-corrected chi connectivity index (χ1v) is 8.02. The minimum Gasteiger partial charge on any atom is -0.309 e. The zero-order chi connectivity index (χ0) is 11.5. The van der Waals surface area contributed by atoms with Crippen molar-refractivity contribution in [3.8, 4) is 0 Å². The van der Waals surface area contributed by atoms with Crippen LogP contribution in [0.15, 0.2) is 0 Å². The molecule has 3 heteroatoms. The Labute approximate surface area is 105 Å². The second-order valence-corrected chi connectivity index (χ2v) is 6.63. The molecule has 2 rings (SSSR count). The highest BCUT2D eigenvalue weighted by atomic mass is 32.2. The molecule has 16 heavy (non-hydrogen) atoms. The van der Waals surface area contributed by atoms with Crippen molar-refractivity contribution < 1.29 is 0 Å². The van der Waals surface area contributed by atoms with Crippen LogP contribution in [0.2, 0.25) is 0 Å². The van der Waals surface area contributed by atoms with Crippen LogP contribution in [-0.2, 0) is 0 Å². The zero-order valence-electron chi connectivity index (χ0n) is 10.9. The average molecular weight is 242 g/mol. The maximum atomic E-state index is 3.90. The predicted octanol–water partition coefficient (Wildman–Crippen LogP) is 2.34. The molecule has 0 bridgehead atoms. The summed E-state index contributed by atoms with van der Waals surface area (Å²) in [6.45, 7) is 7.16. The first-order valence-electron chi connectivity index (χ1n) is 6.73. The van der Waals surface area contributed by atoms with Gasteiger partial charge < -0.3 is 5.32 Å². The Hall–Kier alpha value is 0.270. The molecule has 0 aromatic carbocycles. The largest absolute Gasteiger partial charge is 0.309 e. The van der Waals surface area contributed by atoms with Crippen molar-refractivity contribution in [2.45, 2.75) is 62.9 Å². The van der Waals surface area contributed by atoms with Crippen molar-refractivity contribution in [2.75, 3.05) is 19.3 Å². The normalized spacial score (nSPS) is 36.4. The number of nitrogens with one attached hydrogen (secondary N) is 1. The first-order chi connectivity index (χ1) is 7.70. The molecule has 1 N–H and O–H groups in total. The van der Waals surface area contributed by atoms with Crippen molar-refractivity contribution in [3.63, 3.8) is 0 Å². The van der Waals surface area contributed by atoms with Gasteiger partial charge in [0, 0.05) is 29.9 Å².